The van der Waals surface area contributed by atoms with Gasteiger partial charge in [0.1, 0.15) is 11.2 Å². The number of hydrogen-bond acceptors (Lipinski definition) is 5. The number of ether oxygens (including phenoxy) is 1. The molecule has 1 aromatic rings. The Labute approximate surface area is 154 Å². The molecule has 1 aliphatic rings. The lowest BCUT2D eigenvalue weighted by molar-refractivity contribution is 0.0202. The molecule has 10 heteroatoms. The maximum absolute atomic E-state index is 12.5. The average molecular weight is 387 g/mol. The molecular weight excluding hydrogens is 364 g/mol. The first-order valence-corrected chi connectivity index (χ1v) is 8.58. The number of nitrogens with zero attached hydrogens (tertiary/aromatic N) is 3. The van der Waals surface area contributed by atoms with Crippen LogP contribution in [-0.2, 0) is 11.3 Å². The van der Waals surface area contributed by atoms with Crippen LogP contribution >= 0.6 is 0 Å². The number of alkyl halides is 2. The third-order valence-corrected chi connectivity index (χ3v) is 4.15. The summed E-state index contributed by atoms with van der Waals surface area (Å²) in [5.41, 5.74) is -2.14. The van der Waals surface area contributed by atoms with Crippen LogP contribution in [0, 0.1) is 0 Å². The maximum atomic E-state index is 12.5. The Morgan fingerprint density at radius 2 is 1.93 bits per heavy atom. The molecular formula is C17H23F2N3O5. The van der Waals surface area contributed by atoms with Gasteiger partial charge in [-0.25, -0.2) is 23.4 Å². The molecule has 1 aromatic heterocycles. The summed E-state index contributed by atoms with van der Waals surface area (Å²) in [6.45, 7) is 5.00. The van der Waals surface area contributed by atoms with Gasteiger partial charge in [0.25, 0.3) is 12.0 Å². The van der Waals surface area contributed by atoms with E-state index < -0.39 is 41.8 Å². The summed E-state index contributed by atoms with van der Waals surface area (Å²) in [4.78, 5) is 41.4. The van der Waals surface area contributed by atoms with Gasteiger partial charge in [0.15, 0.2) is 0 Å². The van der Waals surface area contributed by atoms with Crippen molar-refractivity contribution in [3.63, 3.8) is 0 Å². The van der Waals surface area contributed by atoms with E-state index >= 15 is 0 Å². The Morgan fingerprint density at radius 1 is 1.33 bits per heavy atom. The van der Waals surface area contributed by atoms with E-state index in [0.717, 1.165) is 6.33 Å². The Balaban J connectivity index is 2.18. The zero-order valence-corrected chi connectivity index (χ0v) is 15.4. The quantitative estimate of drug-likeness (QED) is 0.851. The number of aromatic carboxylic acids is 1. The molecule has 0 saturated carbocycles. The van der Waals surface area contributed by atoms with Crippen LogP contribution in [0.5, 0.6) is 0 Å². The van der Waals surface area contributed by atoms with E-state index in [4.69, 9.17) is 4.74 Å². The fourth-order valence-corrected chi connectivity index (χ4v) is 2.95. The molecule has 1 N–H and O–H groups in total. The number of rotatable bonds is 4. The minimum atomic E-state index is -2.80. The number of likely N-dealkylation sites (tertiary alicyclic amines) is 1. The van der Waals surface area contributed by atoms with Crippen molar-refractivity contribution in [3.05, 3.63) is 27.9 Å². The van der Waals surface area contributed by atoms with Gasteiger partial charge >= 0.3 is 12.1 Å². The van der Waals surface area contributed by atoms with Gasteiger partial charge in [0.2, 0.25) is 0 Å². The molecule has 2 rings (SSSR count). The van der Waals surface area contributed by atoms with Gasteiger partial charge in [-0.2, -0.15) is 0 Å². The number of carboxylic acids is 1. The monoisotopic (exact) mass is 387 g/mol. The maximum Gasteiger partial charge on any atom is 0.410 e. The fourth-order valence-electron chi connectivity index (χ4n) is 2.95. The van der Waals surface area contributed by atoms with Crippen molar-refractivity contribution in [2.75, 3.05) is 13.1 Å². The van der Waals surface area contributed by atoms with Gasteiger partial charge in [-0.3, -0.25) is 9.36 Å². The smallest absolute Gasteiger partial charge is 0.410 e. The summed E-state index contributed by atoms with van der Waals surface area (Å²) >= 11 is 0. The summed E-state index contributed by atoms with van der Waals surface area (Å²) in [6.07, 6.45) is -1.51. The molecule has 1 fully saturated rings. The highest BCUT2D eigenvalue weighted by Gasteiger charge is 2.31. The van der Waals surface area contributed by atoms with Crippen molar-refractivity contribution in [1.29, 1.82) is 0 Å². The molecule has 1 aliphatic heterocycles. The lowest BCUT2D eigenvalue weighted by Crippen LogP contribution is -2.42. The number of amides is 1. The molecule has 2 heterocycles. The Bertz CT molecular complexity index is 765. The topological polar surface area (TPSA) is 102 Å². The van der Waals surface area contributed by atoms with E-state index in [1.165, 1.54) is 4.90 Å². The van der Waals surface area contributed by atoms with Gasteiger partial charge in [-0.15, -0.1) is 0 Å². The van der Waals surface area contributed by atoms with Crippen molar-refractivity contribution in [1.82, 2.24) is 14.5 Å². The predicted molar refractivity (Wildman–Crippen MR) is 91.2 cm³/mol. The molecule has 1 amide bonds. The van der Waals surface area contributed by atoms with Gasteiger partial charge in [0.05, 0.1) is 18.6 Å². The minimum absolute atomic E-state index is 0.0712. The number of carboxylic acid groups (broad SMARTS) is 1. The van der Waals surface area contributed by atoms with E-state index in [-0.39, 0.29) is 11.6 Å². The van der Waals surface area contributed by atoms with Gasteiger partial charge in [-0.05, 0) is 33.6 Å². The fraction of sp³-hybridized carbons (Fsp3) is 0.647. The predicted octanol–water partition coefficient (Wildman–Crippen LogP) is 2.32. The van der Waals surface area contributed by atoms with E-state index in [9.17, 15) is 28.3 Å². The van der Waals surface area contributed by atoms with Crippen LogP contribution in [0.25, 0.3) is 0 Å². The molecule has 0 bridgehead atoms. The summed E-state index contributed by atoms with van der Waals surface area (Å²) in [5.74, 6) is -1.86. The van der Waals surface area contributed by atoms with Crippen molar-refractivity contribution in [2.45, 2.75) is 58.1 Å². The number of halogens is 2. The zero-order chi connectivity index (χ0) is 20.4. The zero-order valence-electron chi connectivity index (χ0n) is 15.4. The molecule has 0 atom stereocenters. The van der Waals surface area contributed by atoms with Crippen molar-refractivity contribution >= 4 is 12.1 Å². The number of aromatic nitrogens is 2. The van der Waals surface area contributed by atoms with Crippen molar-refractivity contribution in [3.8, 4) is 0 Å². The molecule has 0 aliphatic carbocycles. The number of carbonyl (C=O) groups excluding carboxylic acids is 1. The van der Waals surface area contributed by atoms with Crippen LogP contribution < -0.4 is 5.56 Å². The molecule has 1 saturated heterocycles. The number of carbonyl (C=O) groups is 2. The highest BCUT2D eigenvalue weighted by atomic mass is 19.3. The third-order valence-electron chi connectivity index (χ3n) is 4.15. The van der Waals surface area contributed by atoms with E-state index in [2.05, 4.69) is 4.98 Å². The summed E-state index contributed by atoms with van der Waals surface area (Å²) < 4.78 is 31.0. The Morgan fingerprint density at radius 3 is 2.41 bits per heavy atom. The highest BCUT2D eigenvalue weighted by molar-refractivity contribution is 5.88. The van der Waals surface area contributed by atoms with Crippen molar-refractivity contribution in [2.24, 2.45) is 0 Å². The molecule has 0 aromatic carbocycles. The summed E-state index contributed by atoms with van der Waals surface area (Å²) in [6, 6.07) is 0. The third kappa shape index (κ3) is 5.24. The van der Waals surface area contributed by atoms with Gasteiger partial charge in [0, 0.05) is 19.0 Å². The van der Waals surface area contributed by atoms with Crippen LogP contribution in [0.2, 0.25) is 0 Å². The Kier molecular flexibility index (Phi) is 6.17. The SMILES string of the molecule is CC(C)(C)OC(=O)N1CCC(c2ncn(CC(F)F)c(=O)c2C(=O)O)CC1. The van der Waals surface area contributed by atoms with E-state index in [1.807, 2.05) is 0 Å². The van der Waals surface area contributed by atoms with Crippen molar-refractivity contribution < 1.29 is 28.2 Å². The van der Waals surface area contributed by atoms with Crippen LogP contribution in [0.15, 0.2) is 11.1 Å². The second kappa shape index (κ2) is 8.01. The molecule has 27 heavy (non-hydrogen) atoms. The first kappa shape index (κ1) is 20.8. The van der Waals surface area contributed by atoms with Crippen LogP contribution in [0.1, 0.15) is 55.6 Å². The molecule has 0 radical (unpaired) electrons. The first-order valence-electron chi connectivity index (χ1n) is 8.58. The second-order valence-corrected chi connectivity index (χ2v) is 7.40. The normalized spacial score (nSPS) is 15.9. The first-order chi connectivity index (χ1) is 12.5. The van der Waals surface area contributed by atoms with Crippen LogP contribution in [0.4, 0.5) is 13.6 Å². The number of piperidine rings is 1. The molecule has 0 unspecified atom stereocenters. The second-order valence-electron chi connectivity index (χ2n) is 7.40. The van der Waals surface area contributed by atoms with Gasteiger partial charge in [-0.1, -0.05) is 0 Å². The molecule has 8 nitrogen and oxygen atoms in total. The largest absolute Gasteiger partial charge is 0.477 e. The highest BCUT2D eigenvalue weighted by Crippen LogP contribution is 2.28. The van der Waals surface area contributed by atoms with Gasteiger partial charge < -0.3 is 14.7 Å². The standard InChI is InChI=1S/C17H23F2N3O5/c1-17(2,3)27-16(26)21-6-4-10(5-7-21)13-12(15(24)25)14(23)22(9-20-13)8-11(18)19/h9-11H,4-8H2,1-3H3,(H,24,25). The van der Waals surface area contributed by atoms with Crippen LogP contribution in [0.3, 0.4) is 0 Å². The van der Waals surface area contributed by atoms with E-state index in [0.29, 0.717) is 30.5 Å². The minimum Gasteiger partial charge on any atom is -0.477 e. The lowest BCUT2D eigenvalue weighted by atomic mass is 9.91. The molecule has 150 valence electrons. The van der Waals surface area contributed by atoms with E-state index in [1.54, 1.807) is 20.8 Å². The number of hydrogen-bond donors (Lipinski definition) is 1. The Hall–Kier alpha value is -2.52. The average Bonchev–Trinajstić information content (AvgIpc) is 2.54. The molecule has 0 spiro atoms. The summed E-state index contributed by atoms with van der Waals surface area (Å²) in [7, 11) is 0. The lowest BCUT2D eigenvalue weighted by Gasteiger charge is -2.33. The van der Waals surface area contributed by atoms with Crippen LogP contribution in [-0.4, -0.2) is 56.7 Å². The summed E-state index contributed by atoms with van der Waals surface area (Å²) in [5, 5.41) is 9.38.